The summed E-state index contributed by atoms with van der Waals surface area (Å²) in [6, 6.07) is 7.74. The van der Waals surface area contributed by atoms with Gasteiger partial charge in [0, 0.05) is 18.1 Å². The van der Waals surface area contributed by atoms with Crippen molar-refractivity contribution in [2.75, 3.05) is 20.1 Å². The lowest BCUT2D eigenvalue weighted by atomic mass is 9.78. The lowest BCUT2D eigenvalue weighted by Gasteiger charge is -2.28. The number of hydrogen-bond acceptors (Lipinski definition) is 2. The predicted octanol–water partition coefficient (Wildman–Crippen LogP) is 2.91. The SMILES string of the molecule is CNCCNC(=O)C1(c2cccc(Cl)c2)CCCC1.Cl. The molecular weight excluding hydrogens is 295 g/mol. The Bertz CT molecular complexity index is 445. The summed E-state index contributed by atoms with van der Waals surface area (Å²) in [5.41, 5.74) is 0.679. The molecule has 0 atom stereocenters. The number of amides is 1. The molecule has 1 saturated carbocycles. The van der Waals surface area contributed by atoms with Crippen molar-refractivity contribution >= 4 is 29.9 Å². The highest BCUT2D eigenvalue weighted by Gasteiger charge is 2.42. The van der Waals surface area contributed by atoms with Gasteiger partial charge in [-0.05, 0) is 37.6 Å². The quantitative estimate of drug-likeness (QED) is 0.820. The van der Waals surface area contributed by atoms with E-state index in [-0.39, 0.29) is 23.7 Å². The number of hydrogen-bond donors (Lipinski definition) is 2. The molecule has 1 aromatic carbocycles. The molecule has 1 fully saturated rings. The van der Waals surface area contributed by atoms with Gasteiger partial charge in [0.2, 0.25) is 5.91 Å². The van der Waals surface area contributed by atoms with E-state index in [1.54, 1.807) is 0 Å². The summed E-state index contributed by atoms with van der Waals surface area (Å²) in [4.78, 5) is 12.6. The molecule has 0 unspecified atom stereocenters. The van der Waals surface area contributed by atoms with E-state index in [1.165, 1.54) is 0 Å². The Kier molecular flexibility index (Phi) is 6.80. The maximum atomic E-state index is 12.6. The van der Waals surface area contributed by atoms with Crippen LogP contribution in [0.25, 0.3) is 0 Å². The van der Waals surface area contributed by atoms with Crippen molar-refractivity contribution in [1.82, 2.24) is 10.6 Å². The first-order chi connectivity index (χ1) is 9.19. The predicted molar refractivity (Wildman–Crippen MR) is 85.8 cm³/mol. The zero-order valence-electron chi connectivity index (χ0n) is 11.7. The Labute approximate surface area is 131 Å². The molecule has 0 spiro atoms. The first-order valence-corrected chi connectivity index (χ1v) is 7.26. The third kappa shape index (κ3) is 3.66. The van der Waals surface area contributed by atoms with E-state index < -0.39 is 0 Å². The average Bonchev–Trinajstić information content (AvgIpc) is 2.89. The monoisotopic (exact) mass is 316 g/mol. The minimum Gasteiger partial charge on any atom is -0.354 e. The van der Waals surface area contributed by atoms with Crippen LogP contribution in [0.4, 0.5) is 0 Å². The molecule has 0 aromatic heterocycles. The van der Waals surface area contributed by atoms with Crippen molar-refractivity contribution in [3.63, 3.8) is 0 Å². The fraction of sp³-hybridized carbons (Fsp3) is 0.533. The van der Waals surface area contributed by atoms with E-state index in [4.69, 9.17) is 11.6 Å². The van der Waals surface area contributed by atoms with Crippen LogP contribution in [0, 0.1) is 0 Å². The lowest BCUT2D eigenvalue weighted by Crippen LogP contribution is -2.44. The molecule has 112 valence electrons. The number of carbonyl (C=O) groups excluding carboxylic acids is 1. The summed E-state index contributed by atoms with van der Waals surface area (Å²) in [6.07, 6.45) is 4.04. The Hall–Kier alpha value is -0.770. The van der Waals surface area contributed by atoms with Gasteiger partial charge in [-0.25, -0.2) is 0 Å². The van der Waals surface area contributed by atoms with Gasteiger partial charge in [0.15, 0.2) is 0 Å². The molecule has 1 aliphatic carbocycles. The second-order valence-corrected chi connectivity index (χ2v) is 5.60. The van der Waals surface area contributed by atoms with E-state index in [0.717, 1.165) is 37.8 Å². The summed E-state index contributed by atoms with van der Waals surface area (Å²) in [6.45, 7) is 1.45. The van der Waals surface area contributed by atoms with Gasteiger partial charge in [0.1, 0.15) is 0 Å². The summed E-state index contributed by atoms with van der Waals surface area (Å²) >= 11 is 6.08. The number of likely N-dealkylation sites (N-methyl/N-ethyl adjacent to an activating group) is 1. The van der Waals surface area contributed by atoms with Crippen molar-refractivity contribution in [3.05, 3.63) is 34.9 Å². The molecule has 1 amide bonds. The smallest absolute Gasteiger partial charge is 0.230 e. The topological polar surface area (TPSA) is 41.1 Å². The number of benzene rings is 1. The fourth-order valence-electron chi connectivity index (χ4n) is 2.88. The van der Waals surface area contributed by atoms with Crippen LogP contribution in [-0.2, 0) is 10.2 Å². The number of halogens is 2. The highest BCUT2D eigenvalue weighted by molar-refractivity contribution is 6.30. The third-order valence-electron chi connectivity index (χ3n) is 3.93. The van der Waals surface area contributed by atoms with Gasteiger partial charge < -0.3 is 10.6 Å². The van der Waals surface area contributed by atoms with Crippen LogP contribution in [0.3, 0.4) is 0 Å². The molecular formula is C15H22Cl2N2O. The summed E-state index contributed by atoms with van der Waals surface area (Å²) < 4.78 is 0. The number of rotatable bonds is 5. The average molecular weight is 317 g/mol. The Morgan fingerprint density at radius 2 is 2.00 bits per heavy atom. The minimum absolute atomic E-state index is 0. The third-order valence-corrected chi connectivity index (χ3v) is 4.16. The van der Waals surface area contributed by atoms with Crippen molar-refractivity contribution in [2.45, 2.75) is 31.1 Å². The highest BCUT2D eigenvalue weighted by Crippen LogP contribution is 2.41. The van der Waals surface area contributed by atoms with Crippen LogP contribution in [-0.4, -0.2) is 26.0 Å². The Morgan fingerprint density at radius 3 is 2.60 bits per heavy atom. The van der Waals surface area contributed by atoms with Crippen LogP contribution < -0.4 is 10.6 Å². The fourth-order valence-corrected chi connectivity index (χ4v) is 3.07. The minimum atomic E-state index is -0.376. The standard InChI is InChI=1S/C15H21ClN2O.ClH/c1-17-9-10-18-14(19)15(7-2-3-8-15)12-5-4-6-13(16)11-12;/h4-6,11,17H,2-3,7-10H2,1H3,(H,18,19);1H. The zero-order chi connectivity index (χ0) is 13.7. The van der Waals surface area contributed by atoms with E-state index in [2.05, 4.69) is 10.6 Å². The van der Waals surface area contributed by atoms with Crippen LogP contribution in [0.1, 0.15) is 31.2 Å². The van der Waals surface area contributed by atoms with Gasteiger partial charge in [0.25, 0.3) is 0 Å². The molecule has 0 saturated heterocycles. The number of carbonyl (C=O) groups is 1. The molecule has 2 N–H and O–H groups in total. The Morgan fingerprint density at radius 1 is 1.30 bits per heavy atom. The zero-order valence-corrected chi connectivity index (χ0v) is 13.3. The molecule has 3 nitrogen and oxygen atoms in total. The Balaban J connectivity index is 0.00000200. The van der Waals surface area contributed by atoms with Gasteiger partial charge in [-0.1, -0.05) is 36.6 Å². The van der Waals surface area contributed by atoms with Gasteiger partial charge >= 0.3 is 0 Å². The van der Waals surface area contributed by atoms with Gasteiger partial charge in [-0.3, -0.25) is 4.79 Å². The molecule has 0 heterocycles. The van der Waals surface area contributed by atoms with Crippen LogP contribution in [0.5, 0.6) is 0 Å². The largest absolute Gasteiger partial charge is 0.354 e. The van der Waals surface area contributed by atoms with Crippen molar-refractivity contribution < 1.29 is 4.79 Å². The maximum absolute atomic E-state index is 12.6. The second-order valence-electron chi connectivity index (χ2n) is 5.16. The molecule has 0 aliphatic heterocycles. The summed E-state index contributed by atoms with van der Waals surface area (Å²) in [7, 11) is 1.88. The van der Waals surface area contributed by atoms with Gasteiger partial charge in [-0.15, -0.1) is 12.4 Å². The molecule has 1 aliphatic rings. The van der Waals surface area contributed by atoms with E-state index in [9.17, 15) is 4.79 Å². The van der Waals surface area contributed by atoms with Crippen molar-refractivity contribution in [1.29, 1.82) is 0 Å². The molecule has 1 aromatic rings. The second kappa shape index (κ2) is 7.87. The lowest BCUT2D eigenvalue weighted by molar-refractivity contribution is -0.126. The molecule has 0 bridgehead atoms. The van der Waals surface area contributed by atoms with Gasteiger partial charge in [-0.2, -0.15) is 0 Å². The first kappa shape index (κ1) is 17.3. The molecule has 5 heteroatoms. The van der Waals surface area contributed by atoms with E-state index in [0.29, 0.717) is 11.6 Å². The first-order valence-electron chi connectivity index (χ1n) is 6.88. The molecule has 0 radical (unpaired) electrons. The maximum Gasteiger partial charge on any atom is 0.230 e. The van der Waals surface area contributed by atoms with E-state index >= 15 is 0 Å². The normalized spacial score (nSPS) is 16.5. The van der Waals surface area contributed by atoms with Crippen molar-refractivity contribution in [2.24, 2.45) is 0 Å². The van der Waals surface area contributed by atoms with Crippen LogP contribution >= 0.6 is 24.0 Å². The number of nitrogens with one attached hydrogen (secondary N) is 2. The molecule has 2 rings (SSSR count). The highest BCUT2D eigenvalue weighted by atomic mass is 35.5. The van der Waals surface area contributed by atoms with E-state index in [1.807, 2.05) is 31.3 Å². The van der Waals surface area contributed by atoms with Crippen molar-refractivity contribution in [3.8, 4) is 0 Å². The van der Waals surface area contributed by atoms with Gasteiger partial charge in [0.05, 0.1) is 5.41 Å². The van der Waals surface area contributed by atoms with Crippen LogP contribution in [0.15, 0.2) is 24.3 Å². The molecule has 20 heavy (non-hydrogen) atoms. The summed E-state index contributed by atoms with van der Waals surface area (Å²) in [5.74, 6) is 0.141. The van der Waals surface area contributed by atoms with Crippen LogP contribution in [0.2, 0.25) is 5.02 Å². The summed E-state index contributed by atoms with van der Waals surface area (Å²) in [5, 5.41) is 6.78.